The van der Waals surface area contributed by atoms with Gasteiger partial charge in [-0.25, -0.2) is 9.97 Å². The maximum atomic E-state index is 12.5. The summed E-state index contributed by atoms with van der Waals surface area (Å²) in [7, 11) is 0. The summed E-state index contributed by atoms with van der Waals surface area (Å²) in [5.74, 6) is 0.922. The molecule has 0 aromatic carbocycles. The Morgan fingerprint density at radius 3 is 2.81 bits per heavy atom. The number of carbonyl (C=O) groups is 1. The molecule has 1 aliphatic carbocycles. The van der Waals surface area contributed by atoms with Crippen molar-refractivity contribution in [3.05, 3.63) is 16.9 Å². The van der Waals surface area contributed by atoms with Crippen molar-refractivity contribution in [2.75, 3.05) is 31.1 Å². The van der Waals surface area contributed by atoms with E-state index in [0.29, 0.717) is 31.1 Å². The summed E-state index contributed by atoms with van der Waals surface area (Å²) in [5.41, 5.74) is 0.244. The molecule has 26 heavy (non-hydrogen) atoms. The molecule has 2 heterocycles. The third kappa shape index (κ3) is 5.07. The summed E-state index contributed by atoms with van der Waals surface area (Å²) < 4.78 is 5.94. The third-order valence-corrected chi connectivity index (χ3v) is 5.61. The van der Waals surface area contributed by atoms with Gasteiger partial charge in [0.05, 0.1) is 23.9 Å². The van der Waals surface area contributed by atoms with Gasteiger partial charge >= 0.3 is 0 Å². The molecule has 2 aliphatic rings. The van der Waals surface area contributed by atoms with Crippen LogP contribution in [0.4, 0.5) is 5.95 Å². The first-order chi connectivity index (χ1) is 12.6. The Labute approximate surface area is 160 Å². The smallest absolute Gasteiger partial charge is 0.271 e. The van der Waals surface area contributed by atoms with Gasteiger partial charge in [0, 0.05) is 19.6 Å². The highest BCUT2D eigenvalue weighted by molar-refractivity contribution is 6.33. The fraction of sp³-hybridized carbons (Fsp3) is 0.737. The van der Waals surface area contributed by atoms with Crippen molar-refractivity contribution in [2.24, 2.45) is 5.92 Å². The Bertz CT molecular complexity index is 607. The fourth-order valence-corrected chi connectivity index (χ4v) is 3.93. The van der Waals surface area contributed by atoms with Gasteiger partial charge in [-0.3, -0.25) is 4.79 Å². The Morgan fingerprint density at radius 1 is 1.27 bits per heavy atom. The van der Waals surface area contributed by atoms with Crippen LogP contribution >= 0.6 is 11.6 Å². The van der Waals surface area contributed by atoms with Crippen LogP contribution in [0.1, 0.15) is 62.4 Å². The van der Waals surface area contributed by atoms with Crippen LogP contribution in [-0.4, -0.2) is 48.2 Å². The number of nitrogens with one attached hydrogen (secondary N) is 1. The lowest BCUT2D eigenvalue weighted by molar-refractivity contribution is -0.00295. The molecule has 0 radical (unpaired) electrons. The Morgan fingerprint density at radius 2 is 2.04 bits per heavy atom. The topological polar surface area (TPSA) is 67.3 Å². The lowest BCUT2D eigenvalue weighted by Gasteiger charge is -2.28. The van der Waals surface area contributed by atoms with E-state index in [1.807, 2.05) is 0 Å². The van der Waals surface area contributed by atoms with E-state index in [4.69, 9.17) is 16.3 Å². The minimum atomic E-state index is -0.268. The van der Waals surface area contributed by atoms with Gasteiger partial charge in [0.25, 0.3) is 5.91 Å². The maximum Gasteiger partial charge on any atom is 0.271 e. The van der Waals surface area contributed by atoms with Crippen molar-refractivity contribution in [3.8, 4) is 0 Å². The molecule has 0 unspecified atom stereocenters. The highest BCUT2D eigenvalue weighted by Crippen LogP contribution is 2.26. The lowest BCUT2D eigenvalue weighted by Crippen LogP contribution is -2.34. The number of halogens is 1. The first kappa shape index (κ1) is 19.4. The largest absolute Gasteiger partial charge is 0.376 e. The van der Waals surface area contributed by atoms with E-state index in [9.17, 15) is 4.79 Å². The van der Waals surface area contributed by atoms with E-state index in [1.54, 1.807) is 0 Å². The van der Waals surface area contributed by atoms with Gasteiger partial charge in [0.2, 0.25) is 5.95 Å². The van der Waals surface area contributed by atoms with E-state index in [-0.39, 0.29) is 16.6 Å². The van der Waals surface area contributed by atoms with Crippen LogP contribution < -0.4 is 10.2 Å². The van der Waals surface area contributed by atoms with Gasteiger partial charge < -0.3 is 15.0 Å². The molecule has 1 saturated carbocycles. The van der Waals surface area contributed by atoms with E-state index < -0.39 is 0 Å². The second-order valence-corrected chi connectivity index (χ2v) is 7.75. The van der Waals surface area contributed by atoms with Crippen LogP contribution in [0.3, 0.4) is 0 Å². The van der Waals surface area contributed by atoms with E-state index in [0.717, 1.165) is 32.4 Å². The predicted molar refractivity (Wildman–Crippen MR) is 103 cm³/mol. The number of amides is 1. The summed E-state index contributed by atoms with van der Waals surface area (Å²) in [5, 5.41) is 3.15. The molecule has 2 fully saturated rings. The fourth-order valence-electron chi connectivity index (χ4n) is 3.75. The summed E-state index contributed by atoms with van der Waals surface area (Å²) in [6.45, 7) is 5.07. The highest BCUT2D eigenvalue weighted by atomic mass is 35.5. The van der Waals surface area contributed by atoms with Crippen molar-refractivity contribution in [1.82, 2.24) is 15.3 Å². The molecule has 1 saturated heterocycles. The molecule has 3 rings (SSSR count). The molecule has 7 heteroatoms. The molecular formula is C19H29ClN4O2. The van der Waals surface area contributed by atoms with Crippen LogP contribution in [0, 0.1) is 5.92 Å². The standard InChI is InChI=1S/C19H29ClN4O2/c1-14-7-3-4-8-16(14)26-12-9-21-18(25)17-15(20)13-22-19(23-17)24-10-5-2-6-11-24/h13-14,16H,2-12H2,1H3,(H,21,25)/t14-,16+/m1/s1. The van der Waals surface area contributed by atoms with Crippen molar-refractivity contribution in [2.45, 2.75) is 58.0 Å². The molecule has 0 bridgehead atoms. The quantitative estimate of drug-likeness (QED) is 0.765. The summed E-state index contributed by atoms with van der Waals surface area (Å²) in [4.78, 5) is 23.3. The van der Waals surface area contributed by atoms with Gasteiger partial charge in [0.1, 0.15) is 0 Å². The zero-order valence-electron chi connectivity index (χ0n) is 15.5. The molecule has 2 atom stereocenters. The van der Waals surface area contributed by atoms with Gasteiger partial charge in [-0.15, -0.1) is 0 Å². The summed E-state index contributed by atoms with van der Waals surface area (Å²) in [6, 6.07) is 0. The number of aromatic nitrogens is 2. The molecule has 1 aromatic heterocycles. The second kappa shape index (κ2) is 9.51. The number of piperidine rings is 1. The highest BCUT2D eigenvalue weighted by Gasteiger charge is 2.22. The van der Waals surface area contributed by atoms with Crippen LogP contribution in [0.2, 0.25) is 5.02 Å². The summed E-state index contributed by atoms with van der Waals surface area (Å²) >= 11 is 6.15. The van der Waals surface area contributed by atoms with Gasteiger partial charge in [-0.05, 0) is 38.0 Å². The minimum Gasteiger partial charge on any atom is -0.376 e. The molecule has 0 spiro atoms. The zero-order chi connectivity index (χ0) is 18.4. The number of carbonyl (C=O) groups excluding carboxylic acids is 1. The first-order valence-corrected chi connectivity index (χ1v) is 10.2. The van der Waals surface area contributed by atoms with Crippen LogP contribution in [0.15, 0.2) is 6.20 Å². The maximum absolute atomic E-state index is 12.5. The lowest BCUT2D eigenvalue weighted by atomic mass is 9.88. The van der Waals surface area contributed by atoms with Crippen molar-refractivity contribution in [3.63, 3.8) is 0 Å². The van der Waals surface area contributed by atoms with Gasteiger partial charge in [-0.1, -0.05) is 31.4 Å². The molecule has 144 valence electrons. The van der Waals surface area contributed by atoms with Crippen molar-refractivity contribution >= 4 is 23.5 Å². The molecule has 1 amide bonds. The molecule has 1 aromatic rings. The van der Waals surface area contributed by atoms with Crippen LogP contribution in [0.25, 0.3) is 0 Å². The van der Waals surface area contributed by atoms with E-state index in [1.165, 1.54) is 31.9 Å². The molecule has 1 N–H and O–H groups in total. The Balaban J connectivity index is 1.50. The minimum absolute atomic E-state index is 0.244. The number of hydrogen-bond acceptors (Lipinski definition) is 5. The predicted octanol–water partition coefficient (Wildman–Crippen LogP) is 3.45. The van der Waals surface area contributed by atoms with Crippen molar-refractivity contribution < 1.29 is 9.53 Å². The van der Waals surface area contributed by atoms with Gasteiger partial charge in [-0.2, -0.15) is 0 Å². The SMILES string of the molecule is C[C@@H]1CCCC[C@@H]1OCCNC(=O)c1nc(N2CCCCC2)ncc1Cl. The van der Waals surface area contributed by atoms with Crippen LogP contribution in [0.5, 0.6) is 0 Å². The average molecular weight is 381 g/mol. The third-order valence-electron chi connectivity index (χ3n) is 5.34. The monoisotopic (exact) mass is 380 g/mol. The zero-order valence-corrected chi connectivity index (χ0v) is 16.3. The summed E-state index contributed by atoms with van der Waals surface area (Å²) in [6.07, 6.45) is 10.2. The average Bonchev–Trinajstić information content (AvgIpc) is 2.67. The van der Waals surface area contributed by atoms with Crippen LogP contribution in [-0.2, 0) is 4.74 Å². The number of nitrogens with zero attached hydrogens (tertiary/aromatic N) is 3. The molecular weight excluding hydrogens is 352 g/mol. The molecule has 1 aliphatic heterocycles. The van der Waals surface area contributed by atoms with Crippen molar-refractivity contribution in [1.29, 1.82) is 0 Å². The Kier molecular flexibility index (Phi) is 7.08. The van der Waals surface area contributed by atoms with Gasteiger partial charge in [0.15, 0.2) is 5.69 Å². The normalized spacial score (nSPS) is 23.7. The molecule has 6 nitrogen and oxygen atoms in total. The number of ether oxygens (including phenoxy) is 1. The Hall–Kier alpha value is -1.40. The second-order valence-electron chi connectivity index (χ2n) is 7.34. The van der Waals surface area contributed by atoms with E-state index >= 15 is 0 Å². The first-order valence-electron chi connectivity index (χ1n) is 9.82. The number of hydrogen-bond donors (Lipinski definition) is 1. The number of anilines is 1. The number of rotatable bonds is 6. The van der Waals surface area contributed by atoms with E-state index in [2.05, 4.69) is 27.1 Å².